The van der Waals surface area contributed by atoms with Crippen molar-refractivity contribution in [2.75, 3.05) is 6.54 Å². The molecule has 4 N–H and O–H groups in total. The third kappa shape index (κ3) is 3.41. The third-order valence-corrected chi connectivity index (χ3v) is 5.17. The van der Waals surface area contributed by atoms with Crippen LogP contribution < -0.4 is 11.1 Å². The van der Waals surface area contributed by atoms with E-state index in [-0.39, 0.29) is 17.6 Å². The van der Waals surface area contributed by atoms with Gasteiger partial charge in [0.05, 0.1) is 11.5 Å². The molecule has 7 heteroatoms. The summed E-state index contributed by atoms with van der Waals surface area (Å²) in [5, 5.41) is 13.9. The second-order valence-electron chi connectivity index (χ2n) is 5.62. The number of carbonyl (C=O) groups is 2. The van der Waals surface area contributed by atoms with Crippen LogP contribution in [-0.4, -0.2) is 28.5 Å². The molecule has 1 atom stereocenters. The first-order chi connectivity index (χ1) is 9.98. The minimum absolute atomic E-state index is 0.0160. The summed E-state index contributed by atoms with van der Waals surface area (Å²) in [6, 6.07) is -0.305. The van der Waals surface area contributed by atoms with Crippen LogP contribution in [0.25, 0.3) is 0 Å². The van der Waals surface area contributed by atoms with Gasteiger partial charge in [0.2, 0.25) is 5.91 Å². The van der Waals surface area contributed by atoms with Crippen molar-refractivity contribution < 1.29 is 14.7 Å². The number of carbonyl (C=O) groups excluding carboxylic acids is 1. The zero-order chi connectivity index (χ0) is 15.5. The molecule has 0 aliphatic heterocycles. The average Bonchev–Trinajstić information content (AvgIpc) is 2.98. The standard InChI is InChI=1S/C14H21N3O3S/c1-9(11-17-10(7-21-11)12(18)19)16-13(20)14(8-15)5-3-2-4-6-14/h7,9H,2-6,8,15H2,1H3,(H,16,20)(H,18,19). The lowest BCUT2D eigenvalue weighted by Crippen LogP contribution is -2.47. The van der Waals surface area contributed by atoms with E-state index >= 15 is 0 Å². The molecule has 1 amide bonds. The number of nitrogens with two attached hydrogens (primary N) is 1. The number of nitrogens with one attached hydrogen (secondary N) is 1. The molecule has 0 bridgehead atoms. The Morgan fingerprint density at radius 2 is 2.14 bits per heavy atom. The molecule has 6 nitrogen and oxygen atoms in total. The fourth-order valence-corrected chi connectivity index (χ4v) is 3.55. The van der Waals surface area contributed by atoms with Gasteiger partial charge in [-0.1, -0.05) is 19.3 Å². The van der Waals surface area contributed by atoms with Gasteiger partial charge in [0.25, 0.3) is 0 Å². The molecule has 1 aliphatic rings. The molecule has 0 saturated heterocycles. The highest BCUT2D eigenvalue weighted by atomic mass is 32.1. The number of amides is 1. The van der Waals surface area contributed by atoms with Crippen molar-refractivity contribution in [1.29, 1.82) is 0 Å². The number of rotatable bonds is 5. The first-order valence-electron chi connectivity index (χ1n) is 7.18. The van der Waals surface area contributed by atoms with Gasteiger partial charge >= 0.3 is 5.97 Å². The van der Waals surface area contributed by atoms with Crippen LogP contribution in [0.3, 0.4) is 0 Å². The van der Waals surface area contributed by atoms with Gasteiger partial charge in [0.1, 0.15) is 5.01 Å². The lowest BCUT2D eigenvalue weighted by Gasteiger charge is -2.35. The van der Waals surface area contributed by atoms with Gasteiger partial charge in [-0.15, -0.1) is 11.3 Å². The molecule has 21 heavy (non-hydrogen) atoms. The number of nitrogens with zero attached hydrogens (tertiary/aromatic N) is 1. The summed E-state index contributed by atoms with van der Waals surface area (Å²) >= 11 is 1.24. The molecular formula is C14H21N3O3S. The van der Waals surface area contributed by atoms with Gasteiger partial charge in [-0.2, -0.15) is 0 Å². The van der Waals surface area contributed by atoms with E-state index in [1.165, 1.54) is 16.7 Å². The maximum Gasteiger partial charge on any atom is 0.355 e. The molecular weight excluding hydrogens is 290 g/mol. The van der Waals surface area contributed by atoms with E-state index in [2.05, 4.69) is 10.3 Å². The largest absolute Gasteiger partial charge is 0.476 e. The van der Waals surface area contributed by atoms with Gasteiger partial charge in [-0.25, -0.2) is 9.78 Å². The van der Waals surface area contributed by atoms with Crippen LogP contribution in [-0.2, 0) is 4.79 Å². The van der Waals surface area contributed by atoms with Crippen molar-refractivity contribution in [2.45, 2.75) is 45.1 Å². The van der Waals surface area contributed by atoms with Gasteiger partial charge < -0.3 is 16.2 Å². The fraction of sp³-hybridized carbons (Fsp3) is 0.643. The number of aromatic nitrogens is 1. The summed E-state index contributed by atoms with van der Waals surface area (Å²) in [6.45, 7) is 2.17. The summed E-state index contributed by atoms with van der Waals surface area (Å²) in [7, 11) is 0. The molecule has 2 rings (SSSR count). The first kappa shape index (κ1) is 15.9. The van der Waals surface area contributed by atoms with E-state index in [1.54, 1.807) is 0 Å². The fourth-order valence-electron chi connectivity index (χ4n) is 2.75. The molecule has 0 radical (unpaired) electrons. The average molecular weight is 311 g/mol. The lowest BCUT2D eigenvalue weighted by atomic mass is 9.73. The van der Waals surface area contributed by atoms with E-state index in [4.69, 9.17) is 10.8 Å². The normalized spacial score (nSPS) is 19.0. The Bertz CT molecular complexity index is 523. The van der Waals surface area contributed by atoms with Crippen molar-refractivity contribution in [3.05, 3.63) is 16.1 Å². The molecule has 0 aromatic carbocycles. The second-order valence-corrected chi connectivity index (χ2v) is 6.51. The third-order valence-electron chi connectivity index (χ3n) is 4.14. The zero-order valence-electron chi connectivity index (χ0n) is 12.1. The van der Waals surface area contributed by atoms with Crippen LogP contribution in [0, 0.1) is 5.41 Å². The summed E-state index contributed by atoms with van der Waals surface area (Å²) in [5.74, 6) is -1.09. The Morgan fingerprint density at radius 3 is 2.67 bits per heavy atom. The van der Waals surface area contributed by atoms with Crippen molar-refractivity contribution >= 4 is 23.2 Å². The van der Waals surface area contributed by atoms with Crippen molar-refractivity contribution in [2.24, 2.45) is 11.1 Å². The van der Waals surface area contributed by atoms with E-state index in [0.29, 0.717) is 11.6 Å². The van der Waals surface area contributed by atoms with Crippen molar-refractivity contribution in [1.82, 2.24) is 10.3 Å². The molecule has 1 aliphatic carbocycles. The minimum Gasteiger partial charge on any atom is -0.476 e. The Morgan fingerprint density at radius 1 is 1.48 bits per heavy atom. The minimum atomic E-state index is -1.05. The van der Waals surface area contributed by atoms with E-state index < -0.39 is 11.4 Å². The molecule has 116 valence electrons. The van der Waals surface area contributed by atoms with E-state index in [1.807, 2.05) is 6.92 Å². The predicted molar refractivity (Wildman–Crippen MR) is 80.2 cm³/mol. The molecule has 1 unspecified atom stereocenters. The van der Waals surface area contributed by atoms with Crippen LogP contribution in [0.15, 0.2) is 5.38 Å². The predicted octanol–water partition coefficient (Wildman–Crippen LogP) is 1.93. The van der Waals surface area contributed by atoms with Gasteiger partial charge in [-0.05, 0) is 19.8 Å². The van der Waals surface area contributed by atoms with Crippen molar-refractivity contribution in [3.63, 3.8) is 0 Å². The number of hydrogen-bond acceptors (Lipinski definition) is 5. The maximum absolute atomic E-state index is 12.5. The number of hydrogen-bond donors (Lipinski definition) is 3. The number of aromatic carboxylic acids is 1. The molecule has 0 spiro atoms. The highest BCUT2D eigenvalue weighted by molar-refractivity contribution is 7.09. The van der Waals surface area contributed by atoms with Crippen LogP contribution >= 0.6 is 11.3 Å². The smallest absolute Gasteiger partial charge is 0.355 e. The Balaban J connectivity index is 2.05. The molecule has 1 fully saturated rings. The Hall–Kier alpha value is -1.47. The number of carboxylic acids is 1. The van der Waals surface area contributed by atoms with Crippen molar-refractivity contribution in [3.8, 4) is 0 Å². The van der Waals surface area contributed by atoms with Crippen LogP contribution in [0.4, 0.5) is 0 Å². The maximum atomic E-state index is 12.5. The topological polar surface area (TPSA) is 105 Å². The number of thiazole rings is 1. The van der Waals surface area contributed by atoms with Gasteiger partial charge in [0.15, 0.2) is 5.69 Å². The summed E-state index contributed by atoms with van der Waals surface area (Å²) < 4.78 is 0. The summed E-state index contributed by atoms with van der Waals surface area (Å²) in [5.41, 5.74) is 5.39. The Labute approximate surface area is 127 Å². The van der Waals surface area contributed by atoms with Crippen LogP contribution in [0.2, 0.25) is 0 Å². The number of carboxylic acid groups (broad SMARTS) is 1. The molecule has 1 aromatic rings. The molecule has 1 heterocycles. The lowest BCUT2D eigenvalue weighted by molar-refractivity contribution is -0.133. The Kier molecular flexibility index (Phi) is 4.95. The molecule has 1 saturated carbocycles. The highest BCUT2D eigenvalue weighted by Crippen LogP contribution is 2.36. The monoisotopic (exact) mass is 311 g/mol. The van der Waals surface area contributed by atoms with E-state index in [9.17, 15) is 9.59 Å². The SMILES string of the molecule is CC(NC(=O)C1(CN)CCCCC1)c1nc(C(=O)O)cs1. The van der Waals surface area contributed by atoms with Gasteiger partial charge in [-0.3, -0.25) is 4.79 Å². The van der Waals surface area contributed by atoms with E-state index in [0.717, 1.165) is 32.1 Å². The van der Waals surface area contributed by atoms with Crippen LogP contribution in [0.5, 0.6) is 0 Å². The summed E-state index contributed by atoms with van der Waals surface area (Å²) in [6.07, 6.45) is 4.85. The zero-order valence-corrected chi connectivity index (χ0v) is 12.9. The quantitative estimate of drug-likeness (QED) is 0.770. The first-order valence-corrected chi connectivity index (χ1v) is 8.06. The molecule has 1 aromatic heterocycles. The van der Waals surface area contributed by atoms with Gasteiger partial charge in [0, 0.05) is 11.9 Å². The highest BCUT2D eigenvalue weighted by Gasteiger charge is 2.38. The summed E-state index contributed by atoms with van der Waals surface area (Å²) in [4.78, 5) is 27.4. The van der Waals surface area contributed by atoms with Crippen LogP contribution in [0.1, 0.15) is 60.6 Å². The second kappa shape index (κ2) is 6.53.